The molecule has 4 saturated heterocycles. The fourth-order valence-corrected chi connectivity index (χ4v) is 4.94. The molecule has 5 aliphatic rings. The lowest BCUT2D eigenvalue weighted by Crippen LogP contribution is -2.61. The van der Waals surface area contributed by atoms with Gasteiger partial charge in [-0.2, -0.15) is 0 Å². The third-order valence-electron chi connectivity index (χ3n) is 6.15. The lowest BCUT2D eigenvalue weighted by molar-refractivity contribution is -0.0881. The van der Waals surface area contributed by atoms with Crippen LogP contribution in [0.2, 0.25) is 0 Å². The van der Waals surface area contributed by atoms with Gasteiger partial charge in [0.05, 0.1) is 6.54 Å². The molecule has 4 nitrogen and oxygen atoms in total. The van der Waals surface area contributed by atoms with Crippen LogP contribution in [0.5, 0.6) is 0 Å². The van der Waals surface area contributed by atoms with Gasteiger partial charge in [-0.05, 0) is 68.5 Å². The van der Waals surface area contributed by atoms with Crippen molar-refractivity contribution in [1.82, 2.24) is 4.90 Å². The molecule has 22 heavy (non-hydrogen) atoms. The summed E-state index contributed by atoms with van der Waals surface area (Å²) in [7, 11) is 0. The van der Waals surface area contributed by atoms with Crippen LogP contribution < -0.4 is 4.90 Å². The Morgan fingerprint density at radius 2 is 1.91 bits per heavy atom. The van der Waals surface area contributed by atoms with E-state index in [1.54, 1.807) is 0 Å². The van der Waals surface area contributed by atoms with Crippen LogP contribution >= 0.6 is 0 Å². The average molecular weight is 298 g/mol. The summed E-state index contributed by atoms with van der Waals surface area (Å²) in [6, 6.07) is 6.52. The second-order valence-electron chi connectivity index (χ2n) is 7.38. The van der Waals surface area contributed by atoms with Gasteiger partial charge in [-0.25, -0.2) is 4.79 Å². The van der Waals surface area contributed by atoms with E-state index in [0.29, 0.717) is 5.92 Å². The van der Waals surface area contributed by atoms with Crippen LogP contribution in [0.1, 0.15) is 30.4 Å². The van der Waals surface area contributed by atoms with Crippen LogP contribution in [-0.2, 0) is 17.6 Å². The molecule has 0 aromatic heterocycles. The lowest BCUT2D eigenvalue weighted by Gasteiger charge is -2.49. The Balaban J connectivity index is 1.46. The number of fused-ring (bicyclic) bond motifs is 3. The summed E-state index contributed by atoms with van der Waals surface area (Å²) in [6.45, 7) is 3.99. The van der Waals surface area contributed by atoms with E-state index in [2.05, 4.69) is 23.1 Å². The van der Waals surface area contributed by atoms with Crippen molar-refractivity contribution in [3.63, 3.8) is 0 Å². The van der Waals surface area contributed by atoms with E-state index in [1.807, 2.05) is 4.90 Å². The van der Waals surface area contributed by atoms with Crippen molar-refractivity contribution in [3.8, 4) is 0 Å². The molecule has 1 aromatic rings. The average Bonchev–Trinajstić information content (AvgIpc) is 3.12. The van der Waals surface area contributed by atoms with Gasteiger partial charge in [-0.1, -0.05) is 6.07 Å². The third kappa shape index (κ3) is 1.76. The molecular weight excluding hydrogens is 276 g/mol. The van der Waals surface area contributed by atoms with Crippen LogP contribution in [0.25, 0.3) is 0 Å². The van der Waals surface area contributed by atoms with Gasteiger partial charge in [0.25, 0.3) is 0 Å². The van der Waals surface area contributed by atoms with Crippen molar-refractivity contribution in [3.05, 3.63) is 29.3 Å². The molecule has 0 unspecified atom stereocenters. The molecule has 1 aliphatic carbocycles. The molecular formula is C18H22N2O2. The molecule has 0 radical (unpaired) electrons. The Bertz CT molecular complexity index is 636. The predicted octanol–water partition coefficient (Wildman–Crippen LogP) is 2.60. The maximum absolute atomic E-state index is 12.5. The lowest BCUT2D eigenvalue weighted by atomic mass is 9.75. The number of piperidine rings is 3. The maximum atomic E-state index is 12.5. The number of carbonyl (C=O) groups is 1. The van der Waals surface area contributed by atoms with Gasteiger partial charge in [0.2, 0.25) is 0 Å². The van der Waals surface area contributed by atoms with Gasteiger partial charge >= 0.3 is 6.09 Å². The van der Waals surface area contributed by atoms with Gasteiger partial charge in [0.15, 0.2) is 0 Å². The van der Waals surface area contributed by atoms with Gasteiger partial charge in [-0.3, -0.25) is 9.80 Å². The van der Waals surface area contributed by atoms with Crippen molar-refractivity contribution in [2.45, 2.75) is 37.7 Å². The number of carbonyl (C=O) groups excluding carboxylic acids is 1. The molecule has 4 fully saturated rings. The Labute approximate surface area is 131 Å². The highest BCUT2D eigenvalue weighted by molar-refractivity contribution is 5.90. The van der Waals surface area contributed by atoms with E-state index >= 15 is 0 Å². The van der Waals surface area contributed by atoms with E-state index in [1.165, 1.54) is 49.9 Å². The molecule has 6 rings (SSSR count). The van der Waals surface area contributed by atoms with Crippen LogP contribution in [0.15, 0.2) is 18.2 Å². The van der Waals surface area contributed by atoms with Crippen molar-refractivity contribution < 1.29 is 9.53 Å². The summed E-state index contributed by atoms with van der Waals surface area (Å²) < 4.78 is 5.96. The number of benzene rings is 1. The fourth-order valence-electron chi connectivity index (χ4n) is 4.94. The zero-order valence-corrected chi connectivity index (χ0v) is 12.9. The van der Waals surface area contributed by atoms with Gasteiger partial charge in [0.1, 0.15) is 5.60 Å². The number of hydrogen-bond donors (Lipinski definition) is 0. The van der Waals surface area contributed by atoms with E-state index in [0.717, 1.165) is 25.2 Å². The highest BCUT2D eigenvalue weighted by Gasteiger charge is 2.55. The molecule has 116 valence electrons. The highest BCUT2D eigenvalue weighted by atomic mass is 16.6. The quantitative estimate of drug-likeness (QED) is 0.799. The van der Waals surface area contributed by atoms with Crippen LogP contribution in [0.3, 0.4) is 0 Å². The molecule has 1 spiro atoms. The van der Waals surface area contributed by atoms with E-state index in [4.69, 9.17) is 4.74 Å². The van der Waals surface area contributed by atoms with Crippen LogP contribution in [-0.4, -0.2) is 42.8 Å². The first-order valence-corrected chi connectivity index (χ1v) is 8.58. The number of anilines is 1. The summed E-state index contributed by atoms with van der Waals surface area (Å²) in [5.74, 6) is 0.542. The number of amides is 1. The predicted molar refractivity (Wildman–Crippen MR) is 84.2 cm³/mol. The van der Waals surface area contributed by atoms with Crippen molar-refractivity contribution >= 4 is 11.8 Å². The summed E-state index contributed by atoms with van der Waals surface area (Å²) >= 11 is 0. The van der Waals surface area contributed by atoms with E-state index < -0.39 is 0 Å². The van der Waals surface area contributed by atoms with E-state index in [-0.39, 0.29) is 11.7 Å². The van der Waals surface area contributed by atoms with Crippen molar-refractivity contribution in [2.24, 2.45) is 5.92 Å². The maximum Gasteiger partial charge on any atom is 0.415 e. The number of nitrogens with zero attached hydrogens (tertiary/aromatic N) is 2. The third-order valence-corrected chi connectivity index (χ3v) is 6.15. The fraction of sp³-hybridized carbons (Fsp3) is 0.611. The largest absolute Gasteiger partial charge is 0.439 e. The Morgan fingerprint density at radius 3 is 2.68 bits per heavy atom. The van der Waals surface area contributed by atoms with Gasteiger partial charge in [0, 0.05) is 18.2 Å². The Hall–Kier alpha value is -1.55. The van der Waals surface area contributed by atoms with Crippen molar-refractivity contribution in [2.75, 3.05) is 31.1 Å². The number of rotatable bonds is 1. The molecule has 4 aliphatic heterocycles. The first-order chi connectivity index (χ1) is 10.7. The first-order valence-electron chi connectivity index (χ1n) is 8.58. The van der Waals surface area contributed by atoms with E-state index in [9.17, 15) is 4.79 Å². The first kappa shape index (κ1) is 12.9. The summed E-state index contributed by atoms with van der Waals surface area (Å²) in [5, 5.41) is 0. The molecule has 1 atom stereocenters. The SMILES string of the molecule is O=C1O[C@]2(CN3CCC2CC3)CN1c1ccc2c(c1)CCC2. The molecule has 1 amide bonds. The van der Waals surface area contributed by atoms with Gasteiger partial charge in [-0.15, -0.1) is 0 Å². The molecule has 4 heterocycles. The molecule has 4 heteroatoms. The minimum Gasteiger partial charge on any atom is -0.439 e. The molecule has 0 N–H and O–H groups in total. The van der Waals surface area contributed by atoms with Crippen LogP contribution in [0.4, 0.5) is 10.5 Å². The second kappa shape index (κ2) is 4.48. The monoisotopic (exact) mass is 298 g/mol. The summed E-state index contributed by atoms with van der Waals surface area (Å²) in [5.41, 5.74) is 3.64. The highest BCUT2D eigenvalue weighted by Crippen LogP contribution is 2.43. The minimum atomic E-state index is -0.257. The normalized spacial score (nSPS) is 36.0. The molecule has 1 aromatic carbocycles. The molecule has 2 bridgehead atoms. The minimum absolute atomic E-state index is 0.147. The van der Waals surface area contributed by atoms with Crippen LogP contribution in [0, 0.1) is 5.92 Å². The van der Waals surface area contributed by atoms with Gasteiger partial charge < -0.3 is 4.74 Å². The number of aryl methyl sites for hydroxylation is 2. The zero-order chi connectivity index (χ0) is 14.7. The topological polar surface area (TPSA) is 32.8 Å². The Kier molecular flexibility index (Phi) is 2.63. The zero-order valence-electron chi connectivity index (χ0n) is 12.9. The molecule has 0 saturated carbocycles. The number of ether oxygens (including phenoxy) is 1. The van der Waals surface area contributed by atoms with Crippen molar-refractivity contribution in [1.29, 1.82) is 0 Å². The second-order valence-corrected chi connectivity index (χ2v) is 7.38. The summed E-state index contributed by atoms with van der Waals surface area (Å²) in [4.78, 5) is 16.8. The summed E-state index contributed by atoms with van der Waals surface area (Å²) in [6.07, 6.45) is 5.77. The smallest absolute Gasteiger partial charge is 0.415 e. The number of hydrogen-bond acceptors (Lipinski definition) is 3. The Morgan fingerprint density at radius 1 is 1.09 bits per heavy atom. The standard InChI is InChI=1S/C18H22N2O2/c21-17-20(16-5-4-13-2-1-3-14(13)10-16)12-18(22-17)11-19-8-6-15(18)7-9-19/h4-5,10,15H,1-3,6-9,11-12H2/t18-/m1/s1.